The Balaban J connectivity index is 1.74. The molecule has 0 spiro atoms. The second-order valence-electron chi connectivity index (χ2n) is 8.76. The summed E-state index contributed by atoms with van der Waals surface area (Å²) in [4.78, 5) is 25.4. The van der Waals surface area contributed by atoms with E-state index in [2.05, 4.69) is 20.9 Å². The third kappa shape index (κ3) is 9.83. The number of aromatic nitrogens is 1. The molecule has 1 aromatic carbocycles. The van der Waals surface area contributed by atoms with Gasteiger partial charge in [-0.2, -0.15) is 18.3 Å². The van der Waals surface area contributed by atoms with Gasteiger partial charge in [-0.1, -0.05) is 17.3 Å². The standard InChI is InChI=1S/C24H29F3N6O5S/c1-15-10-21(32-38-15)33(2)31-20-12-17(30-23(35)19(20)13-22(34)29-8-9-39(28)36)7-6-16-4-3-5-18(11-16)37-14-24(25,26)27/h3-5,10-11,13,17H,6-9,12,14,28H2,1-2H3,(H,29,34)(H,30,35)/b19-13-,31-20-. The summed E-state index contributed by atoms with van der Waals surface area (Å²) in [5.74, 6) is 0.0133. The average molecular weight is 571 g/mol. The van der Waals surface area contributed by atoms with E-state index in [1.807, 2.05) is 0 Å². The summed E-state index contributed by atoms with van der Waals surface area (Å²) in [7, 11) is 0.0391. The molecule has 2 aromatic rings. The maximum atomic E-state index is 13.0. The normalized spacial score (nSPS) is 18.6. The molecule has 2 unspecified atom stereocenters. The molecule has 15 heteroatoms. The maximum absolute atomic E-state index is 13.0. The molecule has 2 atom stereocenters. The van der Waals surface area contributed by atoms with Crippen molar-refractivity contribution in [1.82, 2.24) is 15.8 Å². The van der Waals surface area contributed by atoms with Crippen LogP contribution in [0.4, 0.5) is 19.0 Å². The lowest BCUT2D eigenvalue weighted by Crippen LogP contribution is -2.45. The molecule has 1 fully saturated rings. The Bertz CT molecular complexity index is 1260. The largest absolute Gasteiger partial charge is 0.484 e. The molecule has 0 aliphatic carbocycles. The van der Waals surface area contributed by atoms with Gasteiger partial charge < -0.3 is 19.9 Å². The monoisotopic (exact) mass is 570 g/mol. The zero-order valence-corrected chi connectivity index (χ0v) is 22.1. The number of rotatable bonds is 11. The number of anilines is 1. The number of carbonyl (C=O) groups excluding carboxylic acids is 2. The van der Waals surface area contributed by atoms with E-state index in [0.29, 0.717) is 30.1 Å². The Morgan fingerprint density at radius 2 is 2.18 bits per heavy atom. The van der Waals surface area contributed by atoms with Crippen LogP contribution in [0.5, 0.6) is 5.75 Å². The molecule has 0 radical (unpaired) electrons. The summed E-state index contributed by atoms with van der Waals surface area (Å²) in [6.45, 7) is 0.390. The predicted octanol–water partition coefficient (Wildman–Crippen LogP) is 1.90. The molecule has 212 valence electrons. The molecule has 1 saturated heterocycles. The topological polar surface area (TPSA) is 152 Å². The fourth-order valence-electron chi connectivity index (χ4n) is 3.70. The molecule has 4 N–H and O–H groups in total. The van der Waals surface area contributed by atoms with E-state index in [1.165, 1.54) is 17.1 Å². The maximum Gasteiger partial charge on any atom is 0.422 e. The number of alkyl halides is 3. The van der Waals surface area contributed by atoms with E-state index in [9.17, 15) is 27.0 Å². The Morgan fingerprint density at radius 3 is 2.85 bits per heavy atom. The van der Waals surface area contributed by atoms with Gasteiger partial charge in [0.05, 0.1) is 28.0 Å². The van der Waals surface area contributed by atoms with E-state index in [-0.39, 0.29) is 36.1 Å². The highest BCUT2D eigenvalue weighted by molar-refractivity contribution is 7.82. The summed E-state index contributed by atoms with van der Waals surface area (Å²) in [5.41, 5.74) is 1.11. The van der Waals surface area contributed by atoms with Gasteiger partial charge in [0, 0.05) is 38.2 Å². The number of benzene rings is 1. The molecule has 11 nitrogen and oxygen atoms in total. The Hall–Kier alpha value is -3.72. The summed E-state index contributed by atoms with van der Waals surface area (Å²) < 4.78 is 58.4. The van der Waals surface area contributed by atoms with Gasteiger partial charge in [0.2, 0.25) is 5.91 Å². The van der Waals surface area contributed by atoms with Gasteiger partial charge in [-0.25, -0.2) is 9.22 Å². The van der Waals surface area contributed by atoms with Gasteiger partial charge in [0.15, 0.2) is 12.4 Å². The number of amides is 2. The third-order valence-electron chi connectivity index (χ3n) is 5.51. The number of hydrogen-bond acceptors (Lipinski definition) is 8. The first-order valence-corrected chi connectivity index (χ1v) is 13.2. The van der Waals surface area contributed by atoms with Gasteiger partial charge in [-0.3, -0.25) is 14.7 Å². The first-order valence-electron chi connectivity index (χ1n) is 11.9. The van der Waals surface area contributed by atoms with Crippen LogP contribution in [0.15, 0.2) is 51.6 Å². The summed E-state index contributed by atoms with van der Waals surface area (Å²) in [6.07, 6.45) is -2.17. The minimum atomic E-state index is -4.44. The highest BCUT2D eigenvalue weighted by atomic mass is 32.2. The van der Waals surface area contributed by atoms with Crippen molar-refractivity contribution in [2.75, 3.05) is 31.0 Å². The number of aryl methyl sites for hydroxylation is 2. The van der Waals surface area contributed by atoms with Crippen LogP contribution in [-0.4, -0.2) is 65.1 Å². The lowest BCUT2D eigenvalue weighted by Gasteiger charge is -2.27. The molecule has 1 aliphatic heterocycles. The number of nitrogens with one attached hydrogen (secondary N) is 2. The molecular weight excluding hydrogens is 541 g/mol. The minimum absolute atomic E-state index is 0.0484. The number of piperidine rings is 1. The minimum Gasteiger partial charge on any atom is -0.484 e. The molecule has 39 heavy (non-hydrogen) atoms. The lowest BCUT2D eigenvalue weighted by molar-refractivity contribution is -0.153. The van der Waals surface area contributed by atoms with Crippen molar-refractivity contribution in [3.8, 4) is 5.75 Å². The Labute approximate surface area is 225 Å². The first kappa shape index (κ1) is 29.8. The number of ether oxygens (including phenoxy) is 1. The zero-order valence-electron chi connectivity index (χ0n) is 21.3. The fourth-order valence-corrected chi connectivity index (χ4v) is 4.00. The molecule has 1 aromatic heterocycles. The van der Waals surface area contributed by atoms with Crippen LogP contribution in [0.2, 0.25) is 0 Å². The van der Waals surface area contributed by atoms with E-state index in [0.717, 1.165) is 11.6 Å². The Morgan fingerprint density at radius 1 is 1.41 bits per heavy atom. The van der Waals surface area contributed by atoms with Crippen LogP contribution in [0, 0.1) is 6.92 Å². The predicted molar refractivity (Wildman–Crippen MR) is 138 cm³/mol. The molecular formula is C24H29F3N6O5S. The molecule has 0 saturated carbocycles. The quantitative estimate of drug-likeness (QED) is 0.276. The van der Waals surface area contributed by atoms with Gasteiger partial charge >= 0.3 is 6.18 Å². The number of nitrogens with two attached hydrogens (primary N) is 1. The highest BCUT2D eigenvalue weighted by Gasteiger charge is 2.30. The van der Waals surface area contributed by atoms with E-state index in [4.69, 9.17) is 14.4 Å². The average Bonchev–Trinajstić information content (AvgIpc) is 3.29. The lowest BCUT2D eigenvalue weighted by atomic mass is 9.92. The SMILES string of the molecule is Cc1cc(N(C)/N=C2/CC(CCc3cccc(OCC(F)(F)F)c3)NC(=O)/C2=C\C(=O)NCCS(N)=O)no1. The summed E-state index contributed by atoms with van der Waals surface area (Å²) >= 11 is 0. The fraction of sp³-hybridized carbons (Fsp3) is 0.417. The van der Waals surface area contributed by atoms with E-state index < -0.39 is 35.6 Å². The van der Waals surface area contributed by atoms with Gasteiger partial charge in [0.1, 0.15) is 11.5 Å². The number of halogens is 3. The zero-order chi connectivity index (χ0) is 28.6. The highest BCUT2D eigenvalue weighted by Crippen LogP contribution is 2.23. The van der Waals surface area contributed by atoms with Crippen LogP contribution < -0.4 is 25.5 Å². The summed E-state index contributed by atoms with van der Waals surface area (Å²) in [6, 6.07) is 7.60. The van der Waals surface area contributed by atoms with Gasteiger partial charge in [-0.15, -0.1) is 0 Å². The van der Waals surface area contributed by atoms with Gasteiger partial charge in [0.25, 0.3) is 5.91 Å². The van der Waals surface area contributed by atoms with Crippen molar-refractivity contribution in [1.29, 1.82) is 0 Å². The van der Waals surface area contributed by atoms with Crippen LogP contribution in [0.1, 0.15) is 24.2 Å². The first-order chi connectivity index (χ1) is 18.4. The van der Waals surface area contributed by atoms with Crippen LogP contribution in [-0.2, 0) is 27.0 Å². The molecule has 2 heterocycles. The van der Waals surface area contributed by atoms with Crippen molar-refractivity contribution in [3.63, 3.8) is 0 Å². The smallest absolute Gasteiger partial charge is 0.422 e. The van der Waals surface area contributed by atoms with E-state index >= 15 is 0 Å². The molecule has 3 rings (SSSR count). The van der Waals surface area contributed by atoms with Crippen molar-refractivity contribution < 1.29 is 36.2 Å². The number of nitrogens with zero attached hydrogens (tertiary/aromatic N) is 3. The van der Waals surface area contributed by atoms with Gasteiger partial charge in [-0.05, 0) is 37.5 Å². The molecule has 2 amide bonds. The Kier molecular flexibility index (Phi) is 10.2. The third-order valence-corrected chi connectivity index (χ3v) is 6.12. The second-order valence-corrected chi connectivity index (χ2v) is 9.93. The number of hydrogen-bond donors (Lipinski definition) is 3. The van der Waals surface area contributed by atoms with Crippen molar-refractivity contribution in [2.24, 2.45) is 10.2 Å². The number of hydrazone groups is 1. The summed E-state index contributed by atoms with van der Waals surface area (Å²) in [5, 5.41) is 20.4. The van der Waals surface area contributed by atoms with E-state index in [1.54, 1.807) is 32.2 Å². The van der Waals surface area contributed by atoms with Crippen LogP contribution in [0.25, 0.3) is 0 Å². The van der Waals surface area contributed by atoms with Crippen LogP contribution >= 0.6 is 0 Å². The molecule has 1 aliphatic rings. The number of carbonyl (C=O) groups is 2. The molecule has 0 bridgehead atoms. The second kappa shape index (κ2) is 13.4. The van der Waals surface area contributed by atoms with Crippen molar-refractivity contribution in [3.05, 3.63) is 53.3 Å². The van der Waals surface area contributed by atoms with Crippen molar-refractivity contribution >= 4 is 34.3 Å². The van der Waals surface area contributed by atoms with Crippen LogP contribution in [0.3, 0.4) is 0 Å². The van der Waals surface area contributed by atoms with Crippen molar-refractivity contribution in [2.45, 2.75) is 38.4 Å².